The van der Waals surface area contributed by atoms with Crippen LogP contribution in [-0.2, 0) is 24.0 Å². The van der Waals surface area contributed by atoms with Crippen LogP contribution in [0.3, 0.4) is 0 Å². The molecule has 0 saturated heterocycles. The second kappa shape index (κ2) is 12.4. The third kappa shape index (κ3) is 9.48. The second-order valence-corrected chi connectivity index (χ2v) is 5.87. The normalized spacial score (nSPS) is 13.8. The van der Waals surface area contributed by atoms with E-state index in [4.69, 9.17) is 15.9 Å². The summed E-state index contributed by atoms with van der Waals surface area (Å²) < 4.78 is 0. The van der Waals surface area contributed by atoms with Crippen molar-refractivity contribution in [2.24, 2.45) is 5.73 Å². The molecule has 13 heteroatoms. The summed E-state index contributed by atoms with van der Waals surface area (Å²) in [5.74, 6) is -4.83. The predicted octanol–water partition coefficient (Wildman–Crippen LogP) is -2.79. The van der Waals surface area contributed by atoms with Gasteiger partial charge in [-0.25, -0.2) is 4.79 Å². The summed E-state index contributed by atoms with van der Waals surface area (Å²) >= 11 is 7.75. The van der Waals surface area contributed by atoms with E-state index in [0.29, 0.717) is 0 Å². The quantitative estimate of drug-likeness (QED) is 0.158. The van der Waals surface area contributed by atoms with Crippen LogP contribution in [0.2, 0.25) is 0 Å². The van der Waals surface area contributed by atoms with Gasteiger partial charge >= 0.3 is 11.9 Å². The molecule has 0 aromatic heterocycles. The molecule has 0 aromatic rings. The molecular weight excluding hydrogens is 388 g/mol. The molecule has 0 bridgehead atoms. The number of carbonyl (C=O) groups is 5. The number of carbonyl (C=O) groups excluding carboxylic acids is 3. The van der Waals surface area contributed by atoms with Crippen molar-refractivity contribution in [3.63, 3.8) is 0 Å². The lowest BCUT2D eigenvalue weighted by Crippen LogP contribution is -2.54. The van der Waals surface area contributed by atoms with Crippen LogP contribution in [0, 0.1) is 0 Å². The highest BCUT2D eigenvalue weighted by atomic mass is 32.1. The molecule has 0 heterocycles. The monoisotopic (exact) mass is 410 g/mol. The molecule has 0 saturated carbocycles. The molecule has 0 fully saturated rings. The highest BCUT2D eigenvalue weighted by Gasteiger charge is 2.26. The molecule has 0 aliphatic rings. The Morgan fingerprint density at radius 1 is 0.923 bits per heavy atom. The number of rotatable bonds is 12. The maximum atomic E-state index is 12.1. The van der Waals surface area contributed by atoms with Crippen molar-refractivity contribution in [2.75, 3.05) is 18.1 Å². The predicted molar refractivity (Wildman–Crippen MR) is 97.1 cm³/mol. The minimum atomic E-state index is -1.43. The Bertz CT molecular complexity index is 547. The minimum absolute atomic E-state index is 0.0854. The molecule has 3 amide bonds. The van der Waals surface area contributed by atoms with Crippen molar-refractivity contribution in [3.8, 4) is 0 Å². The van der Waals surface area contributed by atoms with Crippen LogP contribution in [0.4, 0.5) is 0 Å². The number of thiol groups is 2. The van der Waals surface area contributed by atoms with Gasteiger partial charge in [0, 0.05) is 17.9 Å². The first-order valence-electron chi connectivity index (χ1n) is 7.41. The average Bonchev–Trinajstić information content (AvgIpc) is 2.59. The van der Waals surface area contributed by atoms with Gasteiger partial charge in [0.25, 0.3) is 0 Å². The van der Waals surface area contributed by atoms with E-state index >= 15 is 0 Å². The Labute approximate surface area is 160 Å². The Kier molecular flexibility index (Phi) is 11.4. The largest absolute Gasteiger partial charge is 0.481 e. The Balaban J connectivity index is 4.62. The summed E-state index contributed by atoms with van der Waals surface area (Å²) in [6.45, 7) is -0.445. The molecule has 7 N–H and O–H groups in total. The first-order valence-corrected chi connectivity index (χ1v) is 8.68. The molecule has 0 aliphatic carbocycles. The number of amides is 3. The zero-order chi connectivity index (χ0) is 20.3. The third-order valence-corrected chi connectivity index (χ3v) is 3.81. The minimum Gasteiger partial charge on any atom is -0.481 e. The van der Waals surface area contributed by atoms with Gasteiger partial charge in [-0.2, -0.15) is 25.3 Å². The highest BCUT2D eigenvalue weighted by Crippen LogP contribution is 2.00. The van der Waals surface area contributed by atoms with Crippen LogP contribution in [0.1, 0.15) is 12.8 Å². The maximum absolute atomic E-state index is 12.1. The molecule has 0 spiro atoms. The van der Waals surface area contributed by atoms with Crippen LogP contribution < -0.4 is 21.7 Å². The SMILES string of the molecule is NC(CS)C(=O)NCC(=O)NC(CS)C(=O)NC(CCC(=O)O)C(=O)O. The average molecular weight is 410 g/mol. The zero-order valence-electron chi connectivity index (χ0n) is 13.7. The van der Waals surface area contributed by atoms with Crippen molar-refractivity contribution in [1.82, 2.24) is 16.0 Å². The summed E-state index contributed by atoms with van der Waals surface area (Å²) in [7, 11) is 0. The van der Waals surface area contributed by atoms with Crippen LogP contribution in [0.5, 0.6) is 0 Å². The third-order valence-electron chi connectivity index (χ3n) is 3.05. The van der Waals surface area contributed by atoms with Crippen molar-refractivity contribution in [3.05, 3.63) is 0 Å². The molecule has 148 valence electrons. The van der Waals surface area contributed by atoms with Crippen molar-refractivity contribution in [2.45, 2.75) is 31.0 Å². The fourth-order valence-corrected chi connectivity index (χ4v) is 2.04. The Morgan fingerprint density at radius 2 is 1.54 bits per heavy atom. The molecule has 0 aliphatic heterocycles. The van der Waals surface area contributed by atoms with Gasteiger partial charge < -0.3 is 31.9 Å². The smallest absolute Gasteiger partial charge is 0.326 e. The summed E-state index contributed by atoms with van der Waals surface area (Å²) in [5, 5.41) is 24.3. The van der Waals surface area contributed by atoms with Crippen molar-refractivity contribution >= 4 is 54.9 Å². The summed E-state index contributed by atoms with van der Waals surface area (Å²) in [4.78, 5) is 56.9. The molecule has 11 nitrogen and oxygen atoms in total. The molecular formula is C13H22N4O7S2. The summed E-state index contributed by atoms with van der Waals surface area (Å²) in [6, 6.07) is -3.49. The van der Waals surface area contributed by atoms with Crippen LogP contribution in [0.15, 0.2) is 0 Å². The van der Waals surface area contributed by atoms with Gasteiger partial charge in [-0.3, -0.25) is 19.2 Å². The van der Waals surface area contributed by atoms with Crippen molar-refractivity contribution in [1.29, 1.82) is 0 Å². The lowest BCUT2D eigenvalue weighted by Gasteiger charge is -2.20. The first kappa shape index (κ1) is 24.0. The van der Waals surface area contributed by atoms with Crippen LogP contribution in [0.25, 0.3) is 0 Å². The van der Waals surface area contributed by atoms with Gasteiger partial charge in [0.15, 0.2) is 0 Å². The molecule has 26 heavy (non-hydrogen) atoms. The Morgan fingerprint density at radius 3 is 2.00 bits per heavy atom. The fourth-order valence-electron chi connectivity index (χ4n) is 1.62. The Hall–Kier alpha value is -1.99. The summed E-state index contributed by atoms with van der Waals surface area (Å²) in [6.07, 6.45) is -0.770. The van der Waals surface area contributed by atoms with E-state index in [9.17, 15) is 24.0 Å². The number of aliphatic carboxylic acids is 2. The van der Waals surface area contributed by atoms with Crippen LogP contribution >= 0.6 is 25.3 Å². The molecule has 0 radical (unpaired) electrons. The van der Waals surface area contributed by atoms with E-state index in [-0.39, 0.29) is 17.9 Å². The standard InChI is InChI=1S/C13H22N4O7S2/c14-6(4-25)11(21)15-3-9(18)16-8(5-26)12(22)17-7(13(23)24)1-2-10(19)20/h6-8,25-26H,1-5,14H2,(H,15,21)(H,16,18)(H,17,22)(H,19,20)(H,23,24). The number of nitrogens with two attached hydrogens (primary N) is 1. The summed E-state index contributed by atoms with van der Waals surface area (Å²) in [5.41, 5.74) is 5.42. The van der Waals surface area contributed by atoms with E-state index in [1.54, 1.807) is 0 Å². The van der Waals surface area contributed by atoms with E-state index in [2.05, 4.69) is 41.2 Å². The van der Waals surface area contributed by atoms with E-state index in [1.807, 2.05) is 0 Å². The molecule has 0 aromatic carbocycles. The topological polar surface area (TPSA) is 188 Å². The van der Waals surface area contributed by atoms with Gasteiger partial charge in [0.2, 0.25) is 17.7 Å². The number of carboxylic acids is 2. The lowest BCUT2D eigenvalue weighted by atomic mass is 10.1. The molecule has 3 unspecified atom stereocenters. The lowest BCUT2D eigenvalue weighted by molar-refractivity contribution is -0.143. The molecule has 3 atom stereocenters. The van der Waals surface area contributed by atoms with E-state index in [0.717, 1.165) is 0 Å². The molecule has 0 rings (SSSR count). The fraction of sp³-hybridized carbons (Fsp3) is 0.615. The number of carboxylic acid groups (broad SMARTS) is 2. The van der Waals surface area contributed by atoms with Gasteiger partial charge in [-0.15, -0.1) is 0 Å². The van der Waals surface area contributed by atoms with Gasteiger partial charge in [-0.05, 0) is 6.42 Å². The van der Waals surface area contributed by atoms with Crippen LogP contribution in [-0.4, -0.2) is 76.0 Å². The van der Waals surface area contributed by atoms with E-state index < -0.39 is 60.8 Å². The number of nitrogens with one attached hydrogen (secondary N) is 3. The maximum Gasteiger partial charge on any atom is 0.326 e. The van der Waals surface area contributed by atoms with Gasteiger partial charge in [0.1, 0.15) is 12.1 Å². The van der Waals surface area contributed by atoms with Crippen molar-refractivity contribution < 1.29 is 34.2 Å². The zero-order valence-corrected chi connectivity index (χ0v) is 15.5. The van der Waals surface area contributed by atoms with Gasteiger partial charge in [0.05, 0.1) is 12.6 Å². The second-order valence-electron chi connectivity index (χ2n) is 5.14. The number of hydrogen-bond donors (Lipinski definition) is 8. The van der Waals surface area contributed by atoms with E-state index in [1.165, 1.54) is 0 Å². The number of hydrogen-bond acceptors (Lipinski definition) is 8. The highest BCUT2D eigenvalue weighted by molar-refractivity contribution is 7.80. The van der Waals surface area contributed by atoms with Gasteiger partial charge in [-0.1, -0.05) is 0 Å². The first-order chi connectivity index (χ1) is 12.1.